The molecular weight excluding hydrogens is 382 g/mol. The molecule has 1 aromatic heterocycles. The number of carbonyl (C=O) groups is 1. The fourth-order valence-electron chi connectivity index (χ4n) is 3.68. The van der Waals surface area contributed by atoms with Crippen molar-refractivity contribution in [3.05, 3.63) is 18.2 Å². The number of rotatable bonds is 7. The van der Waals surface area contributed by atoms with Gasteiger partial charge in [-0.15, -0.1) is 5.10 Å². The van der Waals surface area contributed by atoms with Crippen LogP contribution >= 0.6 is 0 Å². The highest BCUT2D eigenvalue weighted by Gasteiger charge is 2.27. The summed E-state index contributed by atoms with van der Waals surface area (Å²) in [6, 6.07) is 4.86. The second-order valence-corrected chi connectivity index (χ2v) is 9.20. The number of nitrogens with zero attached hydrogens (tertiary/aromatic N) is 4. The molecule has 1 atom stereocenters. The van der Waals surface area contributed by atoms with Gasteiger partial charge in [-0.1, -0.05) is 5.21 Å². The van der Waals surface area contributed by atoms with Gasteiger partial charge in [-0.2, -0.15) is 4.31 Å². The van der Waals surface area contributed by atoms with Crippen LogP contribution < -0.4 is 5.32 Å². The molecule has 2 fully saturated rings. The quantitative estimate of drug-likeness (QED) is 0.731. The van der Waals surface area contributed by atoms with Gasteiger partial charge in [0.25, 0.3) is 0 Å². The van der Waals surface area contributed by atoms with E-state index in [1.165, 1.54) is 4.31 Å². The number of hydrogen-bond donors (Lipinski definition) is 1. The maximum atomic E-state index is 12.7. The third-order valence-electron chi connectivity index (χ3n) is 5.29. The number of aromatic nitrogens is 3. The fraction of sp³-hybridized carbons (Fsp3) is 0.611. The monoisotopic (exact) mass is 407 g/mol. The lowest BCUT2D eigenvalue weighted by Crippen LogP contribution is -2.32. The van der Waals surface area contributed by atoms with Crippen molar-refractivity contribution in [2.24, 2.45) is 0 Å². The molecule has 1 N–H and O–H groups in total. The Morgan fingerprint density at radius 1 is 1.25 bits per heavy atom. The smallest absolute Gasteiger partial charge is 0.243 e. The molecular formula is C18H25N5O4S. The Balaban J connectivity index is 1.39. The van der Waals surface area contributed by atoms with Crippen LogP contribution in [0.2, 0.25) is 0 Å². The van der Waals surface area contributed by atoms with Crippen LogP contribution in [0.4, 0.5) is 0 Å². The van der Waals surface area contributed by atoms with Crippen LogP contribution in [-0.4, -0.2) is 66.0 Å². The molecule has 28 heavy (non-hydrogen) atoms. The van der Waals surface area contributed by atoms with Crippen molar-refractivity contribution in [3.63, 3.8) is 0 Å². The number of carbonyl (C=O) groups excluding carboxylic acids is 1. The first-order valence-electron chi connectivity index (χ1n) is 9.76. The molecule has 0 radical (unpaired) electrons. The first kappa shape index (κ1) is 19.3. The van der Waals surface area contributed by atoms with Crippen molar-refractivity contribution < 1.29 is 17.9 Å². The van der Waals surface area contributed by atoms with Gasteiger partial charge in [-0.25, -0.2) is 13.1 Å². The lowest BCUT2D eigenvalue weighted by molar-refractivity contribution is -0.121. The maximum Gasteiger partial charge on any atom is 0.243 e. The van der Waals surface area contributed by atoms with Crippen LogP contribution in [0.5, 0.6) is 0 Å². The van der Waals surface area contributed by atoms with Gasteiger partial charge in [-0.3, -0.25) is 4.79 Å². The average Bonchev–Trinajstić information content (AvgIpc) is 3.46. The number of nitrogens with one attached hydrogen (secondary N) is 1. The highest BCUT2D eigenvalue weighted by molar-refractivity contribution is 7.89. The summed E-state index contributed by atoms with van der Waals surface area (Å²) >= 11 is 0. The number of ether oxygens (including phenoxy) is 1. The van der Waals surface area contributed by atoms with E-state index in [4.69, 9.17) is 4.74 Å². The van der Waals surface area contributed by atoms with E-state index in [0.717, 1.165) is 32.3 Å². The first-order chi connectivity index (χ1) is 13.5. The van der Waals surface area contributed by atoms with Crippen LogP contribution in [0.3, 0.4) is 0 Å². The van der Waals surface area contributed by atoms with Crippen LogP contribution in [0.25, 0.3) is 11.0 Å². The van der Waals surface area contributed by atoms with Gasteiger partial charge in [-0.05, 0) is 43.9 Å². The number of fused-ring (bicyclic) bond motifs is 1. The number of aryl methyl sites for hydroxylation is 1. The normalized spacial score (nSPS) is 20.8. The maximum absolute atomic E-state index is 12.7. The third kappa shape index (κ3) is 4.03. The van der Waals surface area contributed by atoms with Crippen LogP contribution in [-0.2, 0) is 26.1 Å². The van der Waals surface area contributed by atoms with Crippen LogP contribution in [0.1, 0.15) is 32.1 Å². The summed E-state index contributed by atoms with van der Waals surface area (Å²) in [5.41, 5.74) is 1.23. The minimum Gasteiger partial charge on any atom is -0.376 e. The van der Waals surface area contributed by atoms with Crippen molar-refractivity contribution in [1.29, 1.82) is 0 Å². The number of amides is 1. The third-order valence-corrected chi connectivity index (χ3v) is 7.18. The zero-order valence-corrected chi connectivity index (χ0v) is 16.5. The largest absolute Gasteiger partial charge is 0.376 e. The Bertz CT molecular complexity index is 946. The molecule has 0 saturated carbocycles. The molecule has 2 saturated heterocycles. The zero-order chi connectivity index (χ0) is 19.6. The summed E-state index contributed by atoms with van der Waals surface area (Å²) < 4.78 is 34.0. The lowest BCUT2D eigenvalue weighted by Gasteiger charge is -2.15. The van der Waals surface area contributed by atoms with E-state index in [0.29, 0.717) is 37.2 Å². The number of sulfonamides is 1. The zero-order valence-electron chi connectivity index (χ0n) is 15.7. The highest BCUT2D eigenvalue weighted by Crippen LogP contribution is 2.23. The molecule has 2 aliphatic rings. The second-order valence-electron chi connectivity index (χ2n) is 7.26. The SMILES string of the molecule is O=C(CCn1nnc2cc(S(=O)(=O)N3CCCC3)ccc21)NC[C@@H]1CCCO1. The van der Waals surface area contributed by atoms with Crippen LogP contribution in [0, 0.1) is 0 Å². The molecule has 10 heteroatoms. The Morgan fingerprint density at radius 2 is 2.07 bits per heavy atom. The predicted octanol–water partition coefficient (Wildman–Crippen LogP) is 0.901. The van der Waals surface area contributed by atoms with E-state index in [2.05, 4.69) is 15.6 Å². The molecule has 1 amide bonds. The standard InChI is InChI=1S/C18H25N5O4S/c24-18(19-13-14-4-3-11-27-14)7-10-23-17-6-5-15(12-16(17)20-21-23)28(25,26)22-8-1-2-9-22/h5-6,12,14H,1-4,7-11,13H2,(H,19,24)/t14-/m0/s1. The molecule has 3 heterocycles. The van der Waals surface area contributed by atoms with E-state index in [1.54, 1.807) is 22.9 Å². The molecule has 4 rings (SSSR count). The molecule has 1 aromatic carbocycles. The summed E-state index contributed by atoms with van der Waals surface area (Å²) in [6.45, 7) is 2.81. The van der Waals surface area contributed by atoms with Gasteiger partial charge in [0.05, 0.1) is 23.1 Å². The van der Waals surface area contributed by atoms with Gasteiger partial charge in [0.2, 0.25) is 15.9 Å². The molecule has 152 valence electrons. The van der Waals surface area contributed by atoms with Crippen molar-refractivity contribution in [2.75, 3.05) is 26.2 Å². The lowest BCUT2D eigenvalue weighted by atomic mass is 10.2. The summed E-state index contributed by atoms with van der Waals surface area (Å²) in [5.74, 6) is -0.0626. The minimum absolute atomic E-state index is 0.0626. The summed E-state index contributed by atoms with van der Waals surface area (Å²) in [5, 5.41) is 11.0. The van der Waals surface area contributed by atoms with E-state index >= 15 is 0 Å². The number of hydrogen-bond acceptors (Lipinski definition) is 6. The molecule has 2 aliphatic heterocycles. The van der Waals surface area contributed by atoms with Gasteiger partial charge in [0.1, 0.15) is 5.52 Å². The van der Waals surface area contributed by atoms with Crippen molar-refractivity contribution >= 4 is 27.0 Å². The Hall–Kier alpha value is -2.04. The topological polar surface area (TPSA) is 106 Å². The second kappa shape index (κ2) is 8.14. The van der Waals surface area contributed by atoms with E-state index in [1.807, 2.05) is 0 Å². The first-order valence-corrected chi connectivity index (χ1v) is 11.2. The molecule has 2 aromatic rings. The van der Waals surface area contributed by atoms with E-state index in [-0.39, 0.29) is 23.3 Å². The summed E-state index contributed by atoms with van der Waals surface area (Å²) in [4.78, 5) is 12.3. The fourth-order valence-corrected chi connectivity index (χ4v) is 5.22. The summed E-state index contributed by atoms with van der Waals surface area (Å²) in [7, 11) is -3.48. The summed E-state index contributed by atoms with van der Waals surface area (Å²) in [6.07, 6.45) is 4.21. The molecule has 0 unspecified atom stereocenters. The van der Waals surface area contributed by atoms with Crippen molar-refractivity contribution in [2.45, 2.75) is 49.6 Å². The van der Waals surface area contributed by atoms with Gasteiger partial charge < -0.3 is 10.1 Å². The Labute approximate surface area is 164 Å². The number of benzene rings is 1. The Kier molecular flexibility index (Phi) is 5.61. The highest BCUT2D eigenvalue weighted by atomic mass is 32.2. The van der Waals surface area contributed by atoms with Crippen molar-refractivity contribution in [1.82, 2.24) is 24.6 Å². The predicted molar refractivity (Wildman–Crippen MR) is 102 cm³/mol. The van der Waals surface area contributed by atoms with Gasteiger partial charge in [0, 0.05) is 32.7 Å². The molecule has 9 nitrogen and oxygen atoms in total. The molecule has 0 spiro atoms. The Morgan fingerprint density at radius 3 is 2.82 bits per heavy atom. The average molecular weight is 407 g/mol. The minimum atomic E-state index is -3.48. The van der Waals surface area contributed by atoms with Gasteiger partial charge >= 0.3 is 0 Å². The van der Waals surface area contributed by atoms with E-state index < -0.39 is 10.0 Å². The van der Waals surface area contributed by atoms with Gasteiger partial charge in [0.15, 0.2) is 0 Å². The van der Waals surface area contributed by atoms with E-state index in [9.17, 15) is 13.2 Å². The van der Waals surface area contributed by atoms with Crippen LogP contribution in [0.15, 0.2) is 23.1 Å². The van der Waals surface area contributed by atoms with Crippen molar-refractivity contribution in [3.8, 4) is 0 Å². The molecule has 0 bridgehead atoms. The molecule has 0 aliphatic carbocycles.